The summed E-state index contributed by atoms with van der Waals surface area (Å²) in [5.41, 5.74) is -0.864. The minimum absolute atomic E-state index is 0.0873. The van der Waals surface area contributed by atoms with E-state index in [1.165, 1.54) is 19.2 Å². The van der Waals surface area contributed by atoms with Crippen molar-refractivity contribution < 1.29 is 14.6 Å². The van der Waals surface area contributed by atoms with Gasteiger partial charge in [-0.05, 0) is 31.5 Å². The molecule has 1 unspecified atom stereocenters. The van der Waals surface area contributed by atoms with Crippen LogP contribution in [0.3, 0.4) is 0 Å². The van der Waals surface area contributed by atoms with Gasteiger partial charge in [0.15, 0.2) is 0 Å². The van der Waals surface area contributed by atoms with Crippen molar-refractivity contribution in [1.29, 1.82) is 5.26 Å². The van der Waals surface area contributed by atoms with E-state index in [2.05, 4.69) is 5.32 Å². The monoisotopic (exact) mass is 248 g/mol. The summed E-state index contributed by atoms with van der Waals surface area (Å²) in [5.74, 6) is -0.185. The number of hydrogen-bond acceptors (Lipinski definition) is 4. The van der Waals surface area contributed by atoms with E-state index in [9.17, 15) is 9.90 Å². The van der Waals surface area contributed by atoms with Gasteiger partial charge < -0.3 is 15.2 Å². The quantitative estimate of drug-likeness (QED) is 0.851. The molecule has 5 nitrogen and oxygen atoms in total. The van der Waals surface area contributed by atoms with Crippen LogP contribution < -0.4 is 10.1 Å². The minimum Gasteiger partial charge on any atom is -0.507 e. The van der Waals surface area contributed by atoms with Crippen molar-refractivity contribution in [3.05, 3.63) is 23.8 Å². The van der Waals surface area contributed by atoms with E-state index in [0.717, 1.165) is 0 Å². The maximum absolute atomic E-state index is 12.0. The molecule has 0 aliphatic rings. The second-order valence-corrected chi connectivity index (χ2v) is 4.13. The van der Waals surface area contributed by atoms with Crippen LogP contribution in [0.1, 0.15) is 30.6 Å². The van der Waals surface area contributed by atoms with Crippen LogP contribution in [0.25, 0.3) is 0 Å². The Morgan fingerprint density at radius 3 is 2.78 bits per heavy atom. The van der Waals surface area contributed by atoms with Crippen molar-refractivity contribution in [3.63, 3.8) is 0 Å². The van der Waals surface area contributed by atoms with Gasteiger partial charge in [-0.25, -0.2) is 0 Å². The fourth-order valence-corrected chi connectivity index (χ4v) is 1.34. The molecule has 0 spiro atoms. The average molecular weight is 248 g/mol. The fraction of sp³-hybridized carbons (Fsp3) is 0.385. The predicted octanol–water partition coefficient (Wildman–Crippen LogP) is 1.82. The van der Waals surface area contributed by atoms with Crippen molar-refractivity contribution in [2.45, 2.75) is 25.8 Å². The molecule has 1 amide bonds. The first kappa shape index (κ1) is 13.8. The number of phenols is 1. The Bertz CT molecular complexity index is 493. The van der Waals surface area contributed by atoms with Gasteiger partial charge in [0.05, 0.1) is 18.7 Å². The molecule has 0 radical (unpaired) electrons. The van der Waals surface area contributed by atoms with E-state index < -0.39 is 11.4 Å². The van der Waals surface area contributed by atoms with Crippen molar-refractivity contribution in [2.75, 3.05) is 7.11 Å². The molecule has 0 saturated carbocycles. The van der Waals surface area contributed by atoms with Gasteiger partial charge >= 0.3 is 0 Å². The van der Waals surface area contributed by atoms with Crippen molar-refractivity contribution in [1.82, 2.24) is 5.32 Å². The summed E-state index contributed by atoms with van der Waals surface area (Å²) in [7, 11) is 1.47. The van der Waals surface area contributed by atoms with Crippen LogP contribution in [0.4, 0.5) is 0 Å². The number of rotatable bonds is 4. The number of amides is 1. The van der Waals surface area contributed by atoms with Gasteiger partial charge in [0.1, 0.15) is 17.0 Å². The largest absolute Gasteiger partial charge is 0.507 e. The number of nitrogens with zero attached hydrogens (tertiary/aromatic N) is 1. The third-order valence-corrected chi connectivity index (χ3v) is 2.79. The van der Waals surface area contributed by atoms with Gasteiger partial charge in [-0.1, -0.05) is 6.92 Å². The highest BCUT2D eigenvalue weighted by atomic mass is 16.5. The molecule has 18 heavy (non-hydrogen) atoms. The number of aromatic hydroxyl groups is 1. The predicted molar refractivity (Wildman–Crippen MR) is 66.4 cm³/mol. The first-order valence-electron chi connectivity index (χ1n) is 5.56. The van der Waals surface area contributed by atoms with Crippen molar-refractivity contribution >= 4 is 5.91 Å². The van der Waals surface area contributed by atoms with Crippen LogP contribution in [0.2, 0.25) is 0 Å². The number of ether oxygens (including phenoxy) is 1. The number of nitriles is 1. The molecule has 0 saturated heterocycles. The van der Waals surface area contributed by atoms with Crippen LogP contribution in [0.15, 0.2) is 18.2 Å². The number of methoxy groups -OCH3 is 1. The Morgan fingerprint density at radius 1 is 1.61 bits per heavy atom. The van der Waals surface area contributed by atoms with Crippen molar-refractivity contribution in [3.8, 4) is 17.6 Å². The fourth-order valence-electron chi connectivity index (χ4n) is 1.34. The van der Waals surface area contributed by atoms with Gasteiger partial charge in [0, 0.05) is 0 Å². The van der Waals surface area contributed by atoms with Crippen LogP contribution >= 0.6 is 0 Å². The lowest BCUT2D eigenvalue weighted by Gasteiger charge is -2.21. The molecule has 0 bridgehead atoms. The SMILES string of the molecule is CCC(C)(C#N)NC(=O)c1cc(OC)ccc1O. The molecule has 0 aliphatic carbocycles. The lowest BCUT2D eigenvalue weighted by molar-refractivity contribution is 0.0920. The standard InChI is InChI=1S/C13H16N2O3/c1-4-13(2,8-14)15-12(17)10-7-9(18-3)5-6-11(10)16/h5-7,16H,4H2,1-3H3,(H,15,17). The molecule has 1 aromatic rings. The summed E-state index contributed by atoms with van der Waals surface area (Å²) in [6, 6.07) is 6.39. The summed E-state index contributed by atoms with van der Waals surface area (Å²) in [5, 5.41) is 21.2. The second-order valence-electron chi connectivity index (χ2n) is 4.13. The summed E-state index contributed by atoms with van der Waals surface area (Å²) in [4.78, 5) is 12.0. The molecule has 2 N–H and O–H groups in total. The van der Waals surface area contributed by atoms with E-state index in [0.29, 0.717) is 12.2 Å². The van der Waals surface area contributed by atoms with Crippen LogP contribution in [0, 0.1) is 11.3 Å². The van der Waals surface area contributed by atoms with Gasteiger partial charge in [-0.2, -0.15) is 5.26 Å². The van der Waals surface area contributed by atoms with E-state index in [1.54, 1.807) is 19.9 Å². The number of nitrogens with one attached hydrogen (secondary N) is 1. The zero-order chi connectivity index (χ0) is 13.8. The molecular formula is C13H16N2O3. The van der Waals surface area contributed by atoms with E-state index in [-0.39, 0.29) is 11.3 Å². The molecule has 0 aliphatic heterocycles. The lowest BCUT2D eigenvalue weighted by Crippen LogP contribution is -2.44. The number of phenolic OH excluding ortho intramolecular Hbond substituents is 1. The zero-order valence-corrected chi connectivity index (χ0v) is 10.7. The Labute approximate surface area is 106 Å². The normalized spacial score (nSPS) is 13.2. The minimum atomic E-state index is -0.952. The van der Waals surface area contributed by atoms with E-state index in [1.807, 2.05) is 6.07 Å². The van der Waals surface area contributed by atoms with Gasteiger partial charge in [0.25, 0.3) is 5.91 Å². The number of benzene rings is 1. The average Bonchev–Trinajstić information content (AvgIpc) is 2.39. The first-order valence-corrected chi connectivity index (χ1v) is 5.56. The Kier molecular flexibility index (Phi) is 4.16. The number of carbonyl (C=O) groups is 1. The van der Waals surface area contributed by atoms with Gasteiger partial charge in [-0.3, -0.25) is 4.79 Å². The highest BCUT2D eigenvalue weighted by Gasteiger charge is 2.25. The Balaban J connectivity index is 3.01. The third-order valence-electron chi connectivity index (χ3n) is 2.79. The Morgan fingerprint density at radius 2 is 2.28 bits per heavy atom. The highest BCUT2D eigenvalue weighted by molar-refractivity contribution is 5.97. The molecule has 0 fully saturated rings. The van der Waals surface area contributed by atoms with Crippen LogP contribution in [-0.2, 0) is 0 Å². The van der Waals surface area contributed by atoms with Crippen molar-refractivity contribution in [2.24, 2.45) is 0 Å². The molecule has 1 atom stereocenters. The van der Waals surface area contributed by atoms with Gasteiger partial charge in [-0.15, -0.1) is 0 Å². The van der Waals surface area contributed by atoms with Gasteiger partial charge in [0.2, 0.25) is 0 Å². The summed E-state index contributed by atoms with van der Waals surface area (Å²) >= 11 is 0. The molecule has 1 rings (SSSR count). The summed E-state index contributed by atoms with van der Waals surface area (Å²) in [6.07, 6.45) is 0.472. The molecule has 0 heterocycles. The molecule has 1 aromatic carbocycles. The number of hydrogen-bond donors (Lipinski definition) is 2. The number of carbonyl (C=O) groups excluding carboxylic acids is 1. The molecule has 96 valence electrons. The van der Waals surface area contributed by atoms with Crippen LogP contribution in [0.5, 0.6) is 11.5 Å². The highest BCUT2D eigenvalue weighted by Crippen LogP contribution is 2.23. The lowest BCUT2D eigenvalue weighted by atomic mass is 10.0. The Hall–Kier alpha value is -2.22. The molecule has 0 aromatic heterocycles. The second kappa shape index (κ2) is 5.41. The van der Waals surface area contributed by atoms with E-state index in [4.69, 9.17) is 10.00 Å². The van der Waals surface area contributed by atoms with Crippen LogP contribution in [-0.4, -0.2) is 23.7 Å². The van der Waals surface area contributed by atoms with E-state index >= 15 is 0 Å². The maximum Gasteiger partial charge on any atom is 0.256 e. The zero-order valence-electron chi connectivity index (χ0n) is 10.7. The smallest absolute Gasteiger partial charge is 0.256 e. The molecule has 5 heteroatoms. The first-order chi connectivity index (χ1) is 8.45. The maximum atomic E-state index is 12.0. The topological polar surface area (TPSA) is 82.4 Å². The molecular weight excluding hydrogens is 232 g/mol. The third kappa shape index (κ3) is 2.92. The summed E-state index contributed by atoms with van der Waals surface area (Å²) < 4.78 is 4.99. The summed E-state index contributed by atoms with van der Waals surface area (Å²) in [6.45, 7) is 3.43.